The third kappa shape index (κ3) is 6.95. The lowest BCUT2D eigenvalue weighted by Crippen LogP contribution is -2.12. The van der Waals surface area contributed by atoms with Crippen LogP contribution in [0.2, 0.25) is 0 Å². The summed E-state index contributed by atoms with van der Waals surface area (Å²) in [4.78, 5) is 20.3. The van der Waals surface area contributed by atoms with Crippen molar-refractivity contribution >= 4 is 40.2 Å². The Hall–Kier alpha value is -2.58. The van der Waals surface area contributed by atoms with Gasteiger partial charge in [0.1, 0.15) is 33.3 Å². The van der Waals surface area contributed by atoms with Gasteiger partial charge in [-0.1, -0.05) is 37.2 Å². The molecule has 0 N–H and O–H groups in total. The zero-order chi connectivity index (χ0) is 23.6. The van der Waals surface area contributed by atoms with Crippen LogP contribution in [0.3, 0.4) is 0 Å². The van der Waals surface area contributed by atoms with Gasteiger partial charge in [0, 0.05) is 17.1 Å². The lowest BCUT2D eigenvalue weighted by Gasteiger charge is -2.13. The summed E-state index contributed by atoms with van der Waals surface area (Å²) >= 11 is 1.81. The highest BCUT2D eigenvalue weighted by molar-refractivity contribution is 8.12. The second-order valence-electron chi connectivity index (χ2n) is 6.83. The number of aromatic nitrogens is 2. The van der Waals surface area contributed by atoms with Gasteiger partial charge in [-0.3, -0.25) is 0 Å². The number of unbranched alkanes of at least 4 members (excludes halogenated alkanes) is 1. The van der Waals surface area contributed by atoms with E-state index in [0.29, 0.717) is 38.4 Å². The molecule has 0 aliphatic rings. The van der Waals surface area contributed by atoms with Crippen molar-refractivity contribution in [3.05, 3.63) is 47.5 Å². The number of ether oxygens (including phenoxy) is 2. The van der Waals surface area contributed by atoms with E-state index in [2.05, 4.69) is 27.7 Å². The van der Waals surface area contributed by atoms with Crippen LogP contribution in [-0.2, 0) is 20.7 Å². The van der Waals surface area contributed by atoms with Crippen LogP contribution in [0.4, 0.5) is 0 Å². The van der Waals surface area contributed by atoms with Gasteiger partial charge < -0.3 is 14.0 Å². The number of nitriles is 1. The summed E-state index contributed by atoms with van der Waals surface area (Å²) in [6.07, 6.45) is 3.60. The molecule has 7 nitrogen and oxygen atoms in total. The molecule has 10 heteroatoms. The van der Waals surface area contributed by atoms with E-state index in [1.807, 2.05) is 23.6 Å². The van der Waals surface area contributed by atoms with E-state index in [-0.39, 0.29) is 6.61 Å². The first-order chi connectivity index (χ1) is 16.0. The minimum atomic E-state index is -0.989. The summed E-state index contributed by atoms with van der Waals surface area (Å²) in [7, 11) is 1.30. The molecule has 0 aliphatic heterocycles. The van der Waals surface area contributed by atoms with Gasteiger partial charge in [-0.25, -0.2) is 14.8 Å². The number of hydrogen-bond donors (Lipinski definition) is 0. The Morgan fingerprint density at radius 3 is 2.76 bits per heavy atom. The Labute approximate surface area is 204 Å². The van der Waals surface area contributed by atoms with E-state index in [9.17, 15) is 14.6 Å². The molecular formula is C23H23N3O4S3. The lowest BCUT2D eigenvalue weighted by atomic mass is 10.0. The molecule has 0 saturated carbocycles. The number of esters is 1. The molecular weight excluding hydrogens is 478 g/mol. The molecule has 0 amide bonds. The number of carbonyl (C=O) groups is 1. The highest BCUT2D eigenvalue weighted by atomic mass is 32.3. The van der Waals surface area contributed by atoms with Gasteiger partial charge in [0.2, 0.25) is 0 Å². The van der Waals surface area contributed by atoms with Crippen molar-refractivity contribution in [3.63, 3.8) is 0 Å². The molecule has 0 bridgehead atoms. The second kappa shape index (κ2) is 12.6. The fourth-order valence-electron chi connectivity index (χ4n) is 2.84. The fraction of sp³-hybridized carbons (Fsp3) is 0.304. The number of benzene rings is 1. The number of hydrogen-bond acceptors (Lipinski definition) is 9. The molecule has 0 saturated heterocycles. The average molecular weight is 502 g/mol. The molecule has 2 aromatic heterocycles. The largest absolute Gasteiger partial charge is 0.616 e. The van der Waals surface area contributed by atoms with Crippen molar-refractivity contribution in [2.24, 2.45) is 0 Å². The number of thioether (sulfide) groups is 1. The van der Waals surface area contributed by atoms with Crippen molar-refractivity contribution in [2.75, 3.05) is 24.6 Å². The van der Waals surface area contributed by atoms with Crippen molar-refractivity contribution in [1.82, 2.24) is 9.97 Å². The first-order valence-corrected chi connectivity index (χ1v) is 13.5. The second-order valence-corrected chi connectivity index (χ2v) is 10.6. The number of thiazole rings is 1. The Balaban J connectivity index is 1.93. The topological polar surface area (TPSA) is 108 Å². The fourth-order valence-corrected chi connectivity index (χ4v) is 5.95. The van der Waals surface area contributed by atoms with Crippen molar-refractivity contribution in [1.29, 1.82) is 5.26 Å². The lowest BCUT2D eigenvalue weighted by molar-refractivity contribution is -0.142. The molecule has 1 unspecified atom stereocenters. The molecule has 3 aromatic rings. The maximum Gasteiger partial charge on any atom is 0.343 e. The first kappa shape index (κ1) is 25.1. The monoisotopic (exact) mass is 501 g/mol. The van der Waals surface area contributed by atoms with E-state index in [1.165, 1.54) is 30.2 Å². The van der Waals surface area contributed by atoms with Gasteiger partial charge in [0.25, 0.3) is 0 Å². The quantitative estimate of drug-likeness (QED) is 0.207. The summed E-state index contributed by atoms with van der Waals surface area (Å²) < 4.78 is 22.3. The number of rotatable bonds is 11. The summed E-state index contributed by atoms with van der Waals surface area (Å²) in [6.45, 7) is 1.88. The first-order valence-electron chi connectivity index (χ1n) is 10.2. The maximum absolute atomic E-state index is 12.3. The third-order valence-corrected chi connectivity index (χ3v) is 8.18. The van der Waals surface area contributed by atoms with Gasteiger partial charge in [-0.05, 0) is 41.4 Å². The SMILES string of the molecule is CCCC[S+]([O-])CSc1nc(-c2nccs2)cc(-c2ccc(OCC(=O)OC)cc2)c1C#N. The summed E-state index contributed by atoms with van der Waals surface area (Å²) in [5, 5.41) is 13.5. The molecule has 33 heavy (non-hydrogen) atoms. The molecule has 0 aliphatic carbocycles. The Bertz CT molecular complexity index is 1100. The predicted octanol–water partition coefficient (Wildman–Crippen LogP) is 4.89. The highest BCUT2D eigenvalue weighted by Gasteiger charge is 2.19. The molecule has 172 valence electrons. The Morgan fingerprint density at radius 1 is 1.33 bits per heavy atom. The van der Waals surface area contributed by atoms with Crippen LogP contribution in [0.15, 0.2) is 46.9 Å². The predicted molar refractivity (Wildman–Crippen MR) is 132 cm³/mol. The van der Waals surface area contributed by atoms with E-state index in [1.54, 1.807) is 18.3 Å². The summed E-state index contributed by atoms with van der Waals surface area (Å²) in [5.41, 5.74) is 2.59. The van der Waals surface area contributed by atoms with Gasteiger partial charge >= 0.3 is 5.97 Å². The zero-order valence-electron chi connectivity index (χ0n) is 18.3. The average Bonchev–Trinajstić information content (AvgIpc) is 3.39. The summed E-state index contributed by atoms with van der Waals surface area (Å²) in [5.74, 6) is 0.682. The van der Waals surface area contributed by atoms with Crippen molar-refractivity contribution in [2.45, 2.75) is 24.8 Å². The summed E-state index contributed by atoms with van der Waals surface area (Å²) in [6, 6.07) is 11.2. The smallest absolute Gasteiger partial charge is 0.343 e. The standard InChI is InChI=1S/C23H23N3O4S3/c1-3-4-11-33(28)15-32-22-19(13-24)18(12-20(26-22)23-25-9-10-31-23)16-5-7-17(8-6-16)30-14-21(27)29-2/h5-10,12H,3-4,11,14-15H2,1-2H3. The normalized spacial score (nSPS) is 11.6. The van der Waals surface area contributed by atoms with E-state index < -0.39 is 17.1 Å². The van der Waals surface area contributed by atoms with Crippen LogP contribution in [0.1, 0.15) is 25.3 Å². The molecule has 3 rings (SSSR count). The Kier molecular flexibility index (Phi) is 9.57. The molecule has 0 radical (unpaired) electrons. The van der Waals surface area contributed by atoms with Crippen LogP contribution in [0.5, 0.6) is 5.75 Å². The zero-order valence-corrected chi connectivity index (χ0v) is 20.7. The molecule has 0 fully saturated rings. The minimum absolute atomic E-state index is 0.182. The van der Waals surface area contributed by atoms with Gasteiger partial charge in [-0.15, -0.1) is 11.3 Å². The third-order valence-electron chi connectivity index (χ3n) is 4.55. The molecule has 1 aromatic carbocycles. The minimum Gasteiger partial charge on any atom is -0.616 e. The molecule has 0 spiro atoms. The highest BCUT2D eigenvalue weighted by Crippen LogP contribution is 2.35. The van der Waals surface area contributed by atoms with E-state index >= 15 is 0 Å². The molecule has 2 heterocycles. The number of methoxy groups -OCH3 is 1. The Morgan fingerprint density at radius 2 is 2.12 bits per heavy atom. The maximum atomic E-state index is 12.3. The van der Waals surface area contributed by atoms with E-state index in [4.69, 9.17) is 4.74 Å². The molecule has 1 atom stereocenters. The van der Waals surface area contributed by atoms with E-state index in [0.717, 1.165) is 23.4 Å². The van der Waals surface area contributed by atoms with Crippen LogP contribution in [-0.4, -0.2) is 45.0 Å². The van der Waals surface area contributed by atoms with Crippen LogP contribution in [0, 0.1) is 11.3 Å². The van der Waals surface area contributed by atoms with Crippen LogP contribution in [0.25, 0.3) is 21.8 Å². The number of carbonyl (C=O) groups excluding carboxylic acids is 1. The number of pyridine rings is 1. The van der Waals surface area contributed by atoms with Crippen LogP contribution >= 0.6 is 23.1 Å². The van der Waals surface area contributed by atoms with Gasteiger partial charge in [-0.2, -0.15) is 5.26 Å². The van der Waals surface area contributed by atoms with Gasteiger partial charge in [0.15, 0.2) is 11.7 Å². The van der Waals surface area contributed by atoms with Crippen molar-refractivity contribution in [3.8, 4) is 33.6 Å². The van der Waals surface area contributed by atoms with Crippen molar-refractivity contribution < 1.29 is 18.8 Å². The van der Waals surface area contributed by atoms with Gasteiger partial charge in [0.05, 0.1) is 12.7 Å². The van der Waals surface area contributed by atoms with Crippen LogP contribution < -0.4 is 4.74 Å². The number of nitrogens with zero attached hydrogens (tertiary/aromatic N) is 3.